The molecule has 11 heteroatoms. The lowest BCUT2D eigenvalue weighted by molar-refractivity contribution is -0.139. The Morgan fingerprint density at radius 3 is 2.28 bits per heavy atom. The number of hydrogen-bond acceptors (Lipinski definition) is 7. The van der Waals surface area contributed by atoms with Crippen LogP contribution in [0.2, 0.25) is 0 Å². The number of rotatable bonds is 10. The van der Waals surface area contributed by atoms with Crippen molar-refractivity contribution in [2.45, 2.75) is 20.4 Å². The van der Waals surface area contributed by atoms with Crippen molar-refractivity contribution >= 4 is 52.2 Å². The number of hydrazone groups is 1. The maximum atomic E-state index is 12.5. The molecule has 0 heterocycles. The molecule has 0 aliphatic carbocycles. The standard InChI is InChI=1S/C28H29IN4O6/c1-17-6-5-7-18(2)25(17)32-24(34)16-39-26-22(29)12-20(13-23(26)38-4)15-31-33-28(36)27(35)30-14-19-8-10-21(37-3)11-9-19/h5-13,15H,14,16H2,1-4H3,(H,30,35)(H,32,34)(H,33,36)/b31-15-. The smallest absolute Gasteiger partial charge is 0.329 e. The van der Waals surface area contributed by atoms with Gasteiger partial charge in [-0.15, -0.1) is 0 Å². The molecule has 0 atom stereocenters. The van der Waals surface area contributed by atoms with E-state index in [4.69, 9.17) is 14.2 Å². The van der Waals surface area contributed by atoms with Gasteiger partial charge in [0.2, 0.25) is 0 Å². The third-order valence-corrected chi connectivity index (χ3v) is 6.34. The number of carbonyl (C=O) groups is 3. The summed E-state index contributed by atoms with van der Waals surface area (Å²) in [5.41, 5.74) is 6.28. The van der Waals surface area contributed by atoms with E-state index in [1.807, 2.05) is 32.0 Å². The fraction of sp³-hybridized carbons (Fsp3) is 0.214. The fourth-order valence-electron chi connectivity index (χ4n) is 3.50. The minimum absolute atomic E-state index is 0.180. The molecule has 0 saturated heterocycles. The van der Waals surface area contributed by atoms with Crippen LogP contribution in [0.3, 0.4) is 0 Å². The van der Waals surface area contributed by atoms with Crippen LogP contribution in [0, 0.1) is 17.4 Å². The van der Waals surface area contributed by atoms with Crippen molar-refractivity contribution in [3.05, 3.63) is 80.4 Å². The van der Waals surface area contributed by atoms with E-state index in [1.54, 1.807) is 43.5 Å². The van der Waals surface area contributed by atoms with Crippen molar-refractivity contribution in [3.63, 3.8) is 0 Å². The number of halogens is 1. The molecule has 3 rings (SSSR count). The highest BCUT2D eigenvalue weighted by atomic mass is 127. The monoisotopic (exact) mass is 644 g/mol. The van der Waals surface area contributed by atoms with Crippen LogP contribution in [0.1, 0.15) is 22.3 Å². The molecule has 0 aliphatic heterocycles. The molecule has 0 saturated carbocycles. The number of para-hydroxylation sites is 1. The van der Waals surface area contributed by atoms with Crippen LogP contribution in [0.15, 0.2) is 59.7 Å². The van der Waals surface area contributed by atoms with E-state index in [9.17, 15) is 14.4 Å². The van der Waals surface area contributed by atoms with E-state index in [-0.39, 0.29) is 19.1 Å². The van der Waals surface area contributed by atoms with Gasteiger partial charge in [0.15, 0.2) is 18.1 Å². The lowest BCUT2D eigenvalue weighted by atomic mass is 10.1. The van der Waals surface area contributed by atoms with Gasteiger partial charge < -0.3 is 24.8 Å². The average molecular weight is 644 g/mol. The second-order valence-corrected chi connectivity index (χ2v) is 9.53. The van der Waals surface area contributed by atoms with Gasteiger partial charge in [-0.1, -0.05) is 30.3 Å². The van der Waals surface area contributed by atoms with Gasteiger partial charge in [-0.2, -0.15) is 5.10 Å². The third-order valence-electron chi connectivity index (χ3n) is 5.54. The number of aryl methyl sites for hydroxylation is 2. The molecule has 0 unspecified atom stereocenters. The zero-order chi connectivity index (χ0) is 28.4. The summed E-state index contributed by atoms with van der Waals surface area (Å²) in [5.74, 6) is -0.555. The summed E-state index contributed by atoms with van der Waals surface area (Å²) in [5, 5.41) is 9.27. The van der Waals surface area contributed by atoms with Gasteiger partial charge >= 0.3 is 11.8 Å². The summed E-state index contributed by atoms with van der Waals surface area (Å²) in [4.78, 5) is 36.7. The molecule has 0 bridgehead atoms. The molecule has 0 radical (unpaired) electrons. The first-order valence-corrected chi connectivity index (χ1v) is 12.9. The molecule has 3 aromatic rings. The van der Waals surface area contributed by atoms with Crippen molar-refractivity contribution in [2.75, 3.05) is 26.1 Å². The predicted octanol–water partition coefficient (Wildman–Crippen LogP) is 3.71. The Labute approximate surface area is 240 Å². The minimum atomic E-state index is -0.906. The fourth-order valence-corrected chi connectivity index (χ4v) is 4.28. The molecule has 3 aromatic carbocycles. The molecule has 0 spiro atoms. The summed E-state index contributed by atoms with van der Waals surface area (Å²) in [6.07, 6.45) is 1.37. The van der Waals surface area contributed by atoms with Crippen molar-refractivity contribution in [1.82, 2.24) is 10.7 Å². The molecule has 3 amide bonds. The van der Waals surface area contributed by atoms with E-state index in [0.717, 1.165) is 22.4 Å². The number of amides is 3. The van der Waals surface area contributed by atoms with Gasteiger partial charge in [-0.25, -0.2) is 5.43 Å². The number of hydrogen-bond donors (Lipinski definition) is 3. The summed E-state index contributed by atoms with van der Waals surface area (Å²) >= 11 is 2.05. The number of nitrogens with one attached hydrogen (secondary N) is 3. The summed E-state index contributed by atoms with van der Waals surface area (Å²) in [6.45, 7) is 3.81. The van der Waals surface area contributed by atoms with Crippen LogP contribution < -0.4 is 30.3 Å². The van der Waals surface area contributed by atoms with Crippen LogP contribution in [-0.4, -0.2) is 44.8 Å². The zero-order valence-corrected chi connectivity index (χ0v) is 24.1. The molecular formula is C28H29IN4O6. The minimum Gasteiger partial charge on any atom is -0.497 e. The lowest BCUT2D eigenvalue weighted by Gasteiger charge is -2.15. The van der Waals surface area contributed by atoms with Gasteiger partial charge in [0.05, 0.1) is 24.0 Å². The van der Waals surface area contributed by atoms with Crippen LogP contribution in [0.25, 0.3) is 0 Å². The Morgan fingerprint density at radius 2 is 1.64 bits per heavy atom. The zero-order valence-electron chi connectivity index (χ0n) is 22.0. The SMILES string of the molecule is COc1ccc(CNC(=O)C(=O)N/N=C\c2cc(I)c(OCC(=O)Nc3c(C)cccc3C)c(OC)c2)cc1. The van der Waals surface area contributed by atoms with E-state index in [2.05, 4.69) is 43.8 Å². The third kappa shape index (κ3) is 8.43. The van der Waals surface area contributed by atoms with Gasteiger partial charge in [-0.05, 0) is 83.0 Å². The van der Waals surface area contributed by atoms with Gasteiger partial charge in [0.1, 0.15) is 5.75 Å². The van der Waals surface area contributed by atoms with Crippen LogP contribution in [-0.2, 0) is 20.9 Å². The van der Waals surface area contributed by atoms with Gasteiger partial charge in [-0.3, -0.25) is 14.4 Å². The Balaban J connectivity index is 1.55. The highest BCUT2D eigenvalue weighted by Crippen LogP contribution is 2.33. The molecule has 0 aromatic heterocycles. The average Bonchev–Trinajstić information content (AvgIpc) is 2.93. The normalized spacial score (nSPS) is 10.6. The molecule has 0 aliphatic rings. The Hall–Kier alpha value is -4.13. The van der Waals surface area contributed by atoms with Crippen molar-refractivity contribution in [1.29, 1.82) is 0 Å². The second-order valence-electron chi connectivity index (χ2n) is 8.37. The van der Waals surface area contributed by atoms with Crippen LogP contribution in [0.5, 0.6) is 17.2 Å². The van der Waals surface area contributed by atoms with Crippen LogP contribution >= 0.6 is 22.6 Å². The summed E-state index contributed by atoms with van der Waals surface area (Å²) in [7, 11) is 3.04. The van der Waals surface area contributed by atoms with Gasteiger partial charge in [0.25, 0.3) is 5.91 Å². The molecule has 39 heavy (non-hydrogen) atoms. The quantitative estimate of drug-likeness (QED) is 0.134. The van der Waals surface area contributed by atoms with E-state index >= 15 is 0 Å². The number of anilines is 1. The van der Waals surface area contributed by atoms with Gasteiger partial charge in [0, 0.05) is 12.2 Å². The Bertz CT molecular complexity index is 1350. The van der Waals surface area contributed by atoms with Crippen LogP contribution in [0.4, 0.5) is 5.69 Å². The Kier molecular flexibility index (Phi) is 10.7. The Morgan fingerprint density at radius 1 is 0.949 bits per heavy atom. The predicted molar refractivity (Wildman–Crippen MR) is 156 cm³/mol. The second kappa shape index (κ2) is 14.1. The van der Waals surface area contributed by atoms with E-state index in [0.29, 0.717) is 26.4 Å². The highest BCUT2D eigenvalue weighted by molar-refractivity contribution is 14.1. The summed E-state index contributed by atoms with van der Waals surface area (Å²) in [6, 6.07) is 16.3. The number of methoxy groups -OCH3 is 2. The first-order valence-electron chi connectivity index (χ1n) is 11.8. The number of carbonyl (C=O) groups excluding carboxylic acids is 3. The van der Waals surface area contributed by atoms with Crippen molar-refractivity contribution < 1.29 is 28.6 Å². The summed E-state index contributed by atoms with van der Waals surface area (Å²) < 4.78 is 16.9. The van der Waals surface area contributed by atoms with E-state index in [1.165, 1.54) is 13.3 Å². The number of nitrogens with zero attached hydrogens (tertiary/aromatic N) is 1. The maximum Gasteiger partial charge on any atom is 0.329 e. The number of benzene rings is 3. The highest BCUT2D eigenvalue weighted by Gasteiger charge is 2.15. The first kappa shape index (κ1) is 29.4. The molecule has 10 nitrogen and oxygen atoms in total. The van der Waals surface area contributed by atoms with Crippen molar-refractivity contribution in [3.8, 4) is 17.2 Å². The molecule has 0 fully saturated rings. The lowest BCUT2D eigenvalue weighted by Crippen LogP contribution is -2.37. The molecule has 3 N–H and O–H groups in total. The van der Waals surface area contributed by atoms with Crippen molar-refractivity contribution in [2.24, 2.45) is 5.10 Å². The molecular weight excluding hydrogens is 615 g/mol. The largest absolute Gasteiger partial charge is 0.497 e. The maximum absolute atomic E-state index is 12.5. The molecule has 204 valence electrons. The first-order chi connectivity index (χ1) is 18.7. The number of ether oxygens (including phenoxy) is 3. The topological polar surface area (TPSA) is 127 Å². The van der Waals surface area contributed by atoms with E-state index < -0.39 is 11.8 Å².